The van der Waals surface area contributed by atoms with Gasteiger partial charge in [-0.25, -0.2) is 9.50 Å². The maximum Gasteiger partial charge on any atom is 0.294 e. The van der Waals surface area contributed by atoms with E-state index in [0.717, 1.165) is 16.9 Å². The number of fused-ring (bicyclic) bond motifs is 2. The number of nitrogens with zero attached hydrogens (tertiary/aromatic N) is 3. The van der Waals surface area contributed by atoms with E-state index >= 15 is 0 Å². The van der Waals surface area contributed by atoms with E-state index in [-0.39, 0.29) is 0 Å². The Morgan fingerprint density at radius 2 is 1.71 bits per heavy atom. The molecule has 0 bridgehead atoms. The highest BCUT2D eigenvalue weighted by atomic mass is 35.5. The van der Waals surface area contributed by atoms with E-state index < -0.39 is 0 Å². The fourth-order valence-corrected chi connectivity index (χ4v) is 4.98. The minimum Gasteiger partial charge on any atom is -0.495 e. The SMILES string of the molecule is COc1nn2cc(-c3cc4c(OCc5cccc(OCc6ccccc6)c5)cc(OC)c(Cl)c4o3)nc2s1. The molecule has 0 atom stereocenters. The highest BCUT2D eigenvalue weighted by molar-refractivity contribution is 7.18. The number of furan rings is 1. The number of benzene rings is 3. The Morgan fingerprint density at radius 1 is 0.895 bits per heavy atom. The van der Waals surface area contributed by atoms with Gasteiger partial charge in [-0.1, -0.05) is 54.1 Å². The van der Waals surface area contributed by atoms with Crippen molar-refractivity contribution in [2.24, 2.45) is 0 Å². The first-order chi connectivity index (χ1) is 18.6. The smallest absolute Gasteiger partial charge is 0.294 e. The molecule has 0 fully saturated rings. The van der Waals surface area contributed by atoms with Gasteiger partial charge in [0.1, 0.15) is 41.2 Å². The summed E-state index contributed by atoms with van der Waals surface area (Å²) < 4.78 is 30.6. The number of aromatic nitrogens is 3. The number of ether oxygens (including phenoxy) is 4. The van der Waals surface area contributed by atoms with Gasteiger partial charge in [-0.3, -0.25) is 0 Å². The lowest BCUT2D eigenvalue weighted by Gasteiger charge is -2.12. The average molecular weight is 548 g/mol. The highest BCUT2D eigenvalue weighted by Gasteiger charge is 2.20. The number of imidazole rings is 1. The summed E-state index contributed by atoms with van der Waals surface area (Å²) in [7, 11) is 3.13. The van der Waals surface area contributed by atoms with E-state index in [2.05, 4.69) is 10.1 Å². The molecule has 0 N–H and O–H groups in total. The van der Waals surface area contributed by atoms with Crippen molar-refractivity contribution in [3.05, 3.63) is 89.1 Å². The van der Waals surface area contributed by atoms with Crippen molar-refractivity contribution in [1.29, 1.82) is 0 Å². The van der Waals surface area contributed by atoms with E-state index in [9.17, 15) is 0 Å². The largest absolute Gasteiger partial charge is 0.495 e. The van der Waals surface area contributed by atoms with Gasteiger partial charge in [0.15, 0.2) is 11.3 Å². The van der Waals surface area contributed by atoms with E-state index in [4.69, 9.17) is 35.0 Å². The van der Waals surface area contributed by atoms with Crippen LogP contribution < -0.4 is 18.9 Å². The predicted molar refractivity (Wildman–Crippen MR) is 146 cm³/mol. The molecule has 0 unspecified atom stereocenters. The molecule has 3 aromatic carbocycles. The molecule has 0 saturated carbocycles. The molecule has 38 heavy (non-hydrogen) atoms. The lowest BCUT2D eigenvalue weighted by molar-refractivity contribution is 0.296. The summed E-state index contributed by atoms with van der Waals surface area (Å²) in [5.74, 6) is 2.33. The standard InChI is InChI=1S/C28H22ClN3O5S/c1-33-24-13-22(36-16-18-9-6-10-19(11-18)35-15-17-7-4-3-5-8-17)20-12-23(37-26(20)25(24)29)21-14-32-27(30-21)38-28(31-32)34-2/h3-14H,15-16H2,1-2H3. The molecule has 8 nitrogen and oxygen atoms in total. The van der Waals surface area contributed by atoms with Crippen molar-refractivity contribution >= 4 is 38.9 Å². The Hall–Kier alpha value is -4.21. The summed E-state index contributed by atoms with van der Waals surface area (Å²) in [5.41, 5.74) is 3.13. The second kappa shape index (κ2) is 10.3. The molecule has 192 valence electrons. The summed E-state index contributed by atoms with van der Waals surface area (Å²) in [6, 6.07) is 21.5. The number of halogens is 1. The molecule has 6 rings (SSSR count). The molecule has 6 aromatic rings. The maximum atomic E-state index is 6.59. The first-order valence-electron chi connectivity index (χ1n) is 11.7. The number of rotatable bonds is 9. The topological polar surface area (TPSA) is 80.3 Å². The molecule has 10 heteroatoms. The monoisotopic (exact) mass is 547 g/mol. The minimum atomic E-state index is 0.312. The molecule has 0 spiro atoms. The zero-order valence-electron chi connectivity index (χ0n) is 20.5. The molecule has 0 amide bonds. The third kappa shape index (κ3) is 4.73. The van der Waals surface area contributed by atoms with E-state index in [1.54, 1.807) is 31.0 Å². The van der Waals surface area contributed by atoms with Gasteiger partial charge in [0.25, 0.3) is 5.19 Å². The van der Waals surface area contributed by atoms with Crippen molar-refractivity contribution < 1.29 is 23.4 Å². The van der Waals surface area contributed by atoms with Gasteiger partial charge in [0, 0.05) is 6.07 Å². The Balaban J connectivity index is 1.26. The first kappa shape index (κ1) is 24.1. The van der Waals surface area contributed by atoms with Crippen LogP contribution in [0.25, 0.3) is 27.4 Å². The summed E-state index contributed by atoms with van der Waals surface area (Å²) in [6.45, 7) is 0.804. The Kier molecular flexibility index (Phi) is 6.53. The summed E-state index contributed by atoms with van der Waals surface area (Å²) in [4.78, 5) is 5.29. The predicted octanol–water partition coefficient (Wildman–Crippen LogP) is 7.03. The molecule has 3 aromatic heterocycles. The summed E-state index contributed by atoms with van der Waals surface area (Å²) >= 11 is 7.93. The van der Waals surface area contributed by atoms with Crippen LogP contribution in [0.5, 0.6) is 22.4 Å². The van der Waals surface area contributed by atoms with Gasteiger partial charge in [0.2, 0.25) is 4.96 Å². The van der Waals surface area contributed by atoms with Gasteiger partial charge < -0.3 is 23.4 Å². The van der Waals surface area contributed by atoms with E-state index in [1.807, 2.05) is 60.7 Å². The van der Waals surface area contributed by atoms with Crippen LogP contribution in [0.1, 0.15) is 11.1 Å². The molecule has 0 aliphatic rings. The Morgan fingerprint density at radius 3 is 2.50 bits per heavy atom. The third-order valence-corrected chi connectivity index (χ3v) is 7.13. The van der Waals surface area contributed by atoms with Gasteiger partial charge in [-0.05, 0) is 40.7 Å². The summed E-state index contributed by atoms with van der Waals surface area (Å²) in [5, 5.41) is 5.92. The fourth-order valence-electron chi connectivity index (χ4n) is 4.01. The average Bonchev–Trinajstić information content (AvgIpc) is 3.66. The molecule has 0 saturated heterocycles. The van der Waals surface area contributed by atoms with E-state index in [1.165, 1.54) is 11.3 Å². The van der Waals surface area contributed by atoms with Crippen molar-refractivity contribution in [3.63, 3.8) is 0 Å². The highest BCUT2D eigenvalue weighted by Crippen LogP contribution is 2.43. The van der Waals surface area contributed by atoms with Crippen molar-refractivity contribution in [3.8, 4) is 33.9 Å². The zero-order chi connectivity index (χ0) is 26.1. The van der Waals surface area contributed by atoms with Crippen LogP contribution in [0.3, 0.4) is 0 Å². The lowest BCUT2D eigenvalue weighted by Crippen LogP contribution is -1.99. The molecular formula is C28H22ClN3O5S. The van der Waals surface area contributed by atoms with Crippen LogP contribution >= 0.6 is 22.9 Å². The summed E-state index contributed by atoms with van der Waals surface area (Å²) in [6.07, 6.45) is 1.78. The number of methoxy groups -OCH3 is 2. The molecular weight excluding hydrogens is 526 g/mol. The Labute approximate surface area is 226 Å². The van der Waals surface area contributed by atoms with E-state index in [0.29, 0.717) is 62.3 Å². The van der Waals surface area contributed by atoms with Gasteiger partial charge in [0.05, 0.1) is 25.8 Å². The van der Waals surface area contributed by atoms with Crippen LogP contribution in [0.4, 0.5) is 0 Å². The van der Waals surface area contributed by atoms with Crippen molar-refractivity contribution in [1.82, 2.24) is 14.6 Å². The minimum absolute atomic E-state index is 0.312. The molecule has 0 radical (unpaired) electrons. The number of hydrogen-bond donors (Lipinski definition) is 0. The maximum absolute atomic E-state index is 6.59. The molecule has 0 aliphatic heterocycles. The van der Waals surface area contributed by atoms with Gasteiger partial charge >= 0.3 is 0 Å². The van der Waals surface area contributed by atoms with Crippen molar-refractivity contribution in [2.45, 2.75) is 13.2 Å². The van der Waals surface area contributed by atoms with Crippen LogP contribution in [-0.2, 0) is 13.2 Å². The zero-order valence-corrected chi connectivity index (χ0v) is 22.1. The fraction of sp³-hybridized carbons (Fsp3) is 0.143. The normalized spacial score (nSPS) is 11.2. The second-order valence-corrected chi connectivity index (χ2v) is 9.68. The van der Waals surface area contributed by atoms with Gasteiger partial charge in [-0.2, -0.15) is 0 Å². The van der Waals surface area contributed by atoms with Crippen molar-refractivity contribution in [2.75, 3.05) is 14.2 Å². The molecule has 3 heterocycles. The number of hydrogen-bond acceptors (Lipinski definition) is 8. The molecule has 0 aliphatic carbocycles. The third-order valence-electron chi connectivity index (χ3n) is 5.89. The second-order valence-electron chi connectivity index (χ2n) is 8.38. The lowest BCUT2D eigenvalue weighted by atomic mass is 10.2. The van der Waals surface area contributed by atoms with Crippen LogP contribution in [0.2, 0.25) is 5.02 Å². The van der Waals surface area contributed by atoms with Crippen LogP contribution in [-0.4, -0.2) is 28.8 Å². The van der Waals surface area contributed by atoms with Crippen LogP contribution in [0, 0.1) is 0 Å². The van der Waals surface area contributed by atoms with Gasteiger partial charge in [-0.15, -0.1) is 5.10 Å². The Bertz CT molecular complexity index is 1700. The van der Waals surface area contributed by atoms with Crippen LogP contribution in [0.15, 0.2) is 77.3 Å². The quantitative estimate of drug-likeness (QED) is 0.192. The first-order valence-corrected chi connectivity index (χ1v) is 12.9.